The predicted molar refractivity (Wildman–Crippen MR) is 93.9 cm³/mol. The number of aryl methyl sites for hydroxylation is 1. The molecule has 7 nitrogen and oxygen atoms in total. The van der Waals surface area contributed by atoms with Gasteiger partial charge in [0, 0.05) is 5.69 Å². The van der Waals surface area contributed by atoms with E-state index >= 15 is 0 Å². The Kier molecular flexibility index (Phi) is 6.51. The van der Waals surface area contributed by atoms with Crippen molar-refractivity contribution in [2.75, 3.05) is 25.1 Å². The highest BCUT2D eigenvalue weighted by molar-refractivity contribution is 7.89. The van der Waals surface area contributed by atoms with Gasteiger partial charge in [-0.25, -0.2) is 13.6 Å². The van der Waals surface area contributed by atoms with Crippen molar-refractivity contribution in [3.05, 3.63) is 54.1 Å². The van der Waals surface area contributed by atoms with Crippen LogP contribution >= 0.6 is 0 Å². The number of nitrogens with one attached hydrogen (secondary N) is 1. The van der Waals surface area contributed by atoms with E-state index in [1.807, 2.05) is 30.3 Å². The van der Waals surface area contributed by atoms with E-state index in [4.69, 9.17) is 14.6 Å². The number of primary sulfonamides is 1. The minimum absolute atomic E-state index is 0.0255. The monoisotopic (exact) mass is 364 g/mol. The van der Waals surface area contributed by atoms with Crippen LogP contribution in [0.3, 0.4) is 0 Å². The molecule has 0 saturated heterocycles. The third-order valence-electron chi connectivity index (χ3n) is 3.25. The van der Waals surface area contributed by atoms with Gasteiger partial charge in [0.2, 0.25) is 15.9 Å². The van der Waals surface area contributed by atoms with Crippen LogP contribution < -0.4 is 15.2 Å². The molecule has 0 atom stereocenters. The van der Waals surface area contributed by atoms with Gasteiger partial charge in [0.1, 0.15) is 19.0 Å². The average molecular weight is 364 g/mol. The molecule has 0 fully saturated rings. The van der Waals surface area contributed by atoms with Gasteiger partial charge >= 0.3 is 0 Å². The number of benzene rings is 2. The first-order valence-corrected chi connectivity index (χ1v) is 9.10. The molecular weight excluding hydrogens is 344 g/mol. The lowest BCUT2D eigenvalue weighted by Crippen LogP contribution is -2.21. The van der Waals surface area contributed by atoms with Crippen molar-refractivity contribution in [3.63, 3.8) is 0 Å². The van der Waals surface area contributed by atoms with Crippen LogP contribution in [-0.4, -0.2) is 34.1 Å². The molecule has 0 aliphatic carbocycles. The van der Waals surface area contributed by atoms with Crippen molar-refractivity contribution in [3.8, 4) is 5.75 Å². The van der Waals surface area contributed by atoms with Crippen LogP contribution in [0, 0.1) is 6.92 Å². The number of nitrogens with two attached hydrogens (primary N) is 1. The minimum atomic E-state index is -3.84. The summed E-state index contributed by atoms with van der Waals surface area (Å²) in [5.74, 6) is 0.328. The number of amides is 1. The fourth-order valence-electron chi connectivity index (χ4n) is 2.08. The van der Waals surface area contributed by atoms with Crippen molar-refractivity contribution in [1.82, 2.24) is 0 Å². The summed E-state index contributed by atoms with van der Waals surface area (Å²) >= 11 is 0. The van der Waals surface area contributed by atoms with E-state index < -0.39 is 15.9 Å². The molecule has 0 aliphatic rings. The summed E-state index contributed by atoms with van der Waals surface area (Å²) < 4.78 is 33.6. The summed E-state index contributed by atoms with van der Waals surface area (Å²) in [7, 11) is -3.84. The third-order valence-corrected chi connectivity index (χ3v) is 4.30. The Morgan fingerprint density at radius 3 is 2.52 bits per heavy atom. The zero-order chi connectivity index (χ0) is 18.3. The fourth-order valence-corrected chi connectivity index (χ4v) is 2.89. The van der Waals surface area contributed by atoms with E-state index in [0.717, 1.165) is 5.75 Å². The van der Waals surface area contributed by atoms with E-state index in [1.54, 1.807) is 19.1 Å². The molecule has 2 rings (SSSR count). The first-order valence-electron chi connectivity index (χ1n) is 7.55. The minimum Gasteiger partial charge on any atom is -0.491 e. The Labute approximate surface area is 146 Å². The summed E-state index contributed by atoms with van der Waals surface area (Å²) in [6, 6.07) is 13.8. The van der Waals surface area contributed by atoms with Gasteiger partial charge in [-0.15, -0.1) is 0 Å². The molecule has 0 heterocycles. The second-order valence-corrected chi connectivity index (χ2v) is 6.82. The van der Waals surface area contributed by atoms with E-state index in [-0.39, 0.29) is 18.1 Å². The summed E-state index contributed by atoms with van der Waals surface area (Å²) in [4.78, 5) is 11.8. The number of sulfonamides is 1. The lowest BCUT2D eigenvalue weighted by atomic mass is 10.2. The molecule has 0 radical (unpaired) electrons. The summed E-state index contributed by atoms with van der Waals surface area (Å²) in [5, 5.41) is 7.71. The standard InChI is InChI=1S/C17H20N2O5S/c1-13-7-8-14(11-16(13)25(18,21)22)19-17(20)12-23-9-10-24-15-5-3-2-4-6-15/h2-8,11H,9-10,12H2,1H3,(H,19,20)(H2,18,21,22). The van der Waals surface area contributed by atoms with Gasteiger partial charge < -0.3 is 14.8 Å². The second kappa shape index (κ2) is 8.61. The lowest BCUT2D eigenvalue weighted by molar-refractivity contribution is -0.120. The van der Waals surface area contributed by atoms with Crippen molar-refractivity contribution < 1.29 is 22.7 Å². The van der Waals surface area contributed by atoms with Gasteiger partial charge in [-0.3, -0.25) is 4.79 Å². The largest absolute Gasteiger partial charge is 0.491 e. The number of para-hydroxylation sites is 1. The third kappa shape index (κ3) is 6.18. The normalized spacial score (nSPS) is 11.1. The summed E-state index contributed by atoms with van der Waals surface area (Å²) in [6.45, 7) is 2.02. The number of hydrogen-bond acceptors (Lipinski definition) is 5. The molecule has 0 unspecified atom stereocenters. The van der Waals surface area contributed by atoms with Gasteiger partial charge in [0.25, 0.3) is 0 Å². The molecule has 3 N–H and O–H groups in total. The Hall–Kier alpha value is -2.42. The van der Waals surface area contributed by atoms with Crippen LogP contribution in [0.1, 0.15) is 5.56 Å². The highest BCUT2D eigenvalue weighted by Gasteiger charge is 2.13. The highest BCUT2D eigenvalue weighted by atomic mass is 32.2. The van der Waals surface area contributed by atoms with E-state index in [2.05, 4.69) is 5.32 Å². The molecule has 2 aromatic rings. The molecule has 1 amide bonds. The Balaban J connectivity index is 1.77. The van der Waals surface area contributed by atoms with Crippen LogP contribution in [0.2, 0.25) is 0 Å². The maximum atomic E-state index is 11.8. The zero-order valence-electron chi connectivity index (χ0n) is 13.8. The number of ether oxygens (including phenoxy) is 2. The highest BCUT2D eigenvalue weighted by Crippen LogP contribution is 2.18. The van der Waals surface area contributed by atoms with Crippen LogP contribution in [0.5, 0.6) is 5.75 Å². The van der Waals surface area contributed by atoms with E-state index in [0.29, 0.717) is 17.9 Å². The number of anilines is 1. The molecular formula is C17H20N2O5S. The van der Waals surface area contributed by atoms with Crippen LogP contribution in [0.15, 0.2) is 53.4 Å². The van der Waals surface area contributed by atoms with Crippen molar-refractivity contribution in [2.24, 2.45) is 5.14 Å². The molecule has 0 aliphatic heterocycles. The zero-order valence-corrected chi connectivity index (χ0v) is 14.6. The molecule has 8 heteroatoms. The molecule has 0 saturated carbocycles. The van der Waals surface area contributed by atoms with Crippen molar-refractivity contribution in [1.29, 1.82) is 0 Å². The van der Waals surface area contributed by atoms with Gasteiger partial charge in [0.15, 0.2) is 0 Å². The van der Waals surface area contributed by atoms with Crippen LogP contribution in [0.25, 0.3) is 0 Å². The maximum Gasteiger partial charge on any atom is 0.250 e. The first-order chi connectivity index (χ1) is 11.9. The Bertz CT molecular complexity index is 822. The van der Waals surface area contributed by atoms with Crippen LogP contribution in [0.4, 0.5) is 5.69 Å². The van der Waals surface area contributed by atoms with Gasteiger partial charge in [0.05, 0.1) is 11.5 Å². The van der Waals surface area contributed by atoms with Gasteiger partial charge in [-0.1, -0.05) is 24.3 Å². The average Bonchev–Trinajstić information content (AvgIpc) is 2.56. The number of rotatable bonds is 8. The molecule has 134 valence electrons. The fraction of sp³-hybridized carbons (Fsp3) is 0.235. The maximum absolute atomic E-state index is 11.8. The molecule has 2 aromatic carbocycles. The van der Waals surface area contributed by atoms with Crippen molar-refractivity contribution in [2.45, 2.75) is 11.8 Å². The molecule has 25 heavy (non-hydrogen) atoms. The smallest absolute Gasteiger partial charge is 0.250 e. The number of hydrogen-bond donors (Lipinski definition) is 2. The topological polar surface area (TPSA) is 108 Å². The predicted octanol–water partition coefficient (Wildman–Crippen LogP) is 1.68. The van der Waals surface area contributed by atoms with E-state index in [1.165, 1.54) is 6.07 Å². The van der Waals surface area contributed by atoms with Gasteiger partial charge in [-0.2, -0.15) is 0 Å². The lowest BCUT2D eigenvalue weighted by Gasteiger charge is -2.10. The molecule has 0 bridgehead atoms. The SMILES string of the molecule is Cc1ccc(NC(=O)COCCOc2ccccc2)cc1S(N)(=O)=O. The Morgan fingerprint density at radius 2 is 1.84 bits per heavy atom. The molecule has 0 aromatic heterocycles. The molecule has 0 spiro atoms. The Morgan fingerprint density at radius 1 is 1.12 bits per heavy atom. The summed E-state index contributed by atoms with van der Waals surface area (Å²) in [6.07, 6.45) is 0. The van der Waals surface area contributed by atoms with E-state index in [9.17, 15) is 13.2 Å². The number of carbonyl (C=O) groups excluding carboxylic acids is 1. The first kappa shape index (κ1) is 18.9. The number of carbonyl (C=O) groups is 1. The second-order valence-electron chi connectivity index (χ2n) is 5.29. The van der Waals surface area contributed by atoms with Crippen molar-refractivity contribution >= 4 is 21.6 Å². The summed E-state index contributed by atoms with van der Waals surface area (Å²) in [5.41, 5.74) is 0.846. The van der Waals surface area contributed by atoms with Crippen LogP contribution in [-0.2, 0) is 19.6 Å². The van der Waals surface area contributed by atoms with Gasteiger partial charge in [-0.05, 0) is 36.8 Å². The quantitative estimate of drug-likeness (QED) is 0.693.